The number of hydrogen-bond donors (Lipinski definition) is 1. The monoisotopic (exact) mass is 233 g/mol. The van der Waals surface area contributed by atoms with E-state index in [2.05, 4.69) is 4.98 Å². The number of carboxylic acids is 1. The van der Waals surface area contributed by atoms with E-state index in [0.717, 1.165) is 6.20 Å². The normalized spacial score (nSPS) is 13.5. The summed E-state index contributed by atoms with van der Waals surface area (Å²) in [6.07, 6.45) is -3.12. The fraction of sp³-hybridized carbons (Fsp3) is 0.400. The molecule has 0 spiro atoms. The van der Waals surface area contributed by atoms with Crippen LogP contribution in [-0.2, 0) is 4.79 Å². The van der Waals surface area contributed by atoms with Gasteiger partial charge >= 0.3 is 12.1 Å². The van der Waals surface area contributed by atoms with Crippen molar-refractivity contribution < 1.29 is 23.1 Å². The van der Waals surface area contributed by atoms with Crippen LogP contribution in [0.25, 0.3) is 0 Å². The van der Waals surface area contributed by atoms with Gasteiger partial charge in [0.15, 0.2) is 0 Å². The molecule has 16 heavy (non-hydrogen) atoms. The second kappa shape index (κ2) is 4.51. The van der Waals surface area contributed by atoms with Crippen LogP contribution in [0.5, 0.6) is 0 Å². The van der Waals surface area contributed by atoms with Crippen molar-refractivity contribution in [3.63, 3.8) is 0 Å². The lowest BCUT2D eigenvalue weighted by Gasteiger charge is -2.20. The van der Waals surface area contributed by atoms with E-state index < -0.39 is 24.5 Å². The molecule has 1 atom stereocenters. The summed E-state index contributed by atoms with van der Waals surface area (Å²) in [4.78, 5) is 14.0. The molecule has 0 amide bonds. The summed E-state index contributed by atoms with van der Waals surface area (Å²) in [5.41, 5.74) is 0.302. The highest BCUT2D eigenvalue weighted by molar-refractivity contribution is 5.68. The highest BCUT2D eigenvalue weighted by Gasteiger charge is 2.42. The van der Waals surface area contributed by atoms with Crippen molar-refractivity contribution in [2.75, 3.05) is 0 Å². The lowest BCUT2D eigenvalue weighted by Crippen LogP contribution is -2.24. The zero-order valence-corrected chi connectivity index (χ0v) is 8.45. The first-order valence-corrected chi connectivity index (χ1v) is 4.51. The van der Waals surface area contributed by atoms with Gasteiger partial charge in [0, 0.05) is 12.4 Å². The number of halogens is 3. The van der Waals surface area contributed by atoms with Crippen molar-refractivity contribution in [3.05, 3.63) is 29.6 Å². The molecule has 0 radical (unpaired) electrons. The predicted molar refractivity (Wildman–Crippen MR) is 50.0 cm³/mol. The minimum atomic E-state index is -4.58. The SMILES string of the molecule is Cc1ccncc1C(CC(=O)O)C(F)(F)F. The molecule has 3 nitrogen and oxygen atoms in total. The molecule has 1 aromatic rings. The molecular weight excluding hydrogens is 223 g/mol. The van der Waals surface area contributed by atoms with Gasteiger partial charge in [0.1, 0.15) is 0 Å². The quantitative estimate of drug-likeness (QED) is 0.872. The van der Waals surface area contributed by atoms with Crippen molar-refractivity contribution in [1.82, 2.24) is 4.98 Å². The first-order valence-electron chi connectivity index (χ1n) is 4.51. The summed E-state index contributed by atoms with van der Waals surface area (Å²) in [6.45, 7) is 1.50. The maximum Gasteiger partial charge on any atom is 0.396 e. The topological polar surface area (TPSA) is 50.2 Å². The first kappa shape index (κ1) is 12.5. The van der Waals surface area contributed by atoms with Gasteiger partial charge in [0.05, 0.1) is 12.3 Å². The molecule has 6 heteroatoms. The summed E-state index contributed by atoms with van der Waals surface area (Å²) in [5, 5.41) is 8.48. The third kappa shape index (κ3) is 2.95. The van der Waals surface area contributed by atoms with Crippen LogP contribution in [0.15, 0.2) is 18.5 Å². The largest absolute Gasteiger partial charge is 0.481 e. The molecule has 1 heterocycles. The molecule has 1 unspecified atom stereocenters. The van der Waals surface area contributed by atoms with E-state index in [9.17, 15) is 18.0 Å². The van der Waals surface area contributed by atoms with Crippen LogP contribution in [0, 0.1) is 6.92 Å². The Morgan fingerprint density at radius 3 is 2.62 bits per heavy atom. The van der Waals surface area contributed by atoms with Gasteiger partial charge in [-0.05, 0) is 24.1 Å². The average Bonchev–Trinajstić information content (AvgIpc) is 2.13. The van der Waals surface area contributed by atoms with Crippen molar-refractivity contribution >= 4 is 5.97 Å². The van der Waals surface area contributed by atoms with Gasteiger partial charge in [0.2, 0.25) is 0 Å². The number of pyridine rings is 1. The molecule has 0 aliphatic rings. The number of alkyl halides is 3. The Balaban J connectivity index is 3.12. The Bertz CT molecular complexity index is 390. The van der Waals surface area contributed by atoms with Gasteiger partial charge in [-0.2, -0.15) is 13.2 Å². The zero-order valence-electron chi connectivity index (χ0n) is 8.45. The standard InChI is InChI=1S/C10H10F3NO2/c1-6-2-3-14-5-7(6)8(4-9(15)16)10(11,12)13/h2-3,5,8H,4H2,1H3,(H,15,16). The van der Waals surface area contributed by atoms with E-state index in [-0.39, 0.29) is 5.56 Å². The van der Waals surface area contributed by atoms with E-state index in [4.69, 9.17) is 5.11 Å². The molecule has 1 N–H and O–H groups in total. The number of hydrogen-bond acceptors (Lipinski definition) is 2. The number of carbonyl (C=O) groups is 1. The van der Waals surface area contributed by atoms with Crippen LogP contribution in [0.4, 0.5) is 13.2 Å². The predicted octanol–water partition coefficient (Wildman–Crippen LogP) is 2.51. The highest BCUT2D eigenvalue weighted by atomic mass is 19.4. The second-order valence-corrected chi connectivity index (χ2v) is 3.42. The summed E-state index contributed by atoms with van der Waals surface area (Å²) < 4.78 is 38.0. The number of aliphatic carboxylic acids is 1. The number of aryl methyl sites for hydroxylation is 1. The number of carboxylic acid groups (broad SMARTS) is 1. The Hall–Kier alpha value is -1.59. The Morgan fingerprint density at radius 2 is 2.19 bits per heavy atom. The smallest absolute Gasteiger partial charge is 0.396 e. The lowest BCUT2D eigenvalue weighted by atomic mass is 9.93. The molecule has 1 rings (SSSR count). The van der Waals surface area contributed by atoms with Gasteiger partial charge in [0.25, 0.3) is 0 Å². The van der Waals surface area contributed by atoms with Crippen molar-refractivity contribution in [2.24, 2.45) is 0 Å². The third-order valence-corrected chi connectivity index (χ3v) is 2.23. The Morgan fingerprint density at radius 1 is 1.56 bits per heavy atom. The third-order valence-electron chi connectivity index (χ3n) is 2.23. The minimum Gasteiger partial charge on any atom is -0.481 e. The fourth-order valence-electron chi connectivity index (χ4n) is 1.42. The van der Waals surface area contributed by atoms with Gasteiger partial charge in [-0.25, -0.2) is 0 Å². The lowest BCUT2D eigenvalue weighted by molar-refractivity contribution is -0.163. The molecule has 1 aromatic heterocycles. The molecule has 0 saturated heterocycles. The van der Waals surface area contributed by atoms with Gasteiger partial charge < -0.3 is 5.11 Å². The van der Waals surface area contributed by atoms with Crippen LogP contribution < -0.4 is 0 Å². The first-order chi connectivity index (χ1) is 7.32. The number of aromatic nitrogens is 1. The second-order valence-electron chi connectivity index (χ2n) is 3.42. The van der Waals surface area contributed by atoms with E-state index in [1.807, 2.05) is 0 Å². The molecule has 0 fully saturated rings. The van der Waals surface area contributed by atoms with Crippen molar-refractivity contribution in [2.45, 2.75) is 25.4 Å². The van der Waals surface area contributed by atoms with E-state index in [0.29, 0.717) is 5.56 Å². The van der Waals surface area contributed by atoms with Crippen molar-refractivity contribution in [1.29, 1.82) is 0 Å². The highest BCUT2D eigenvalue weighted by Crippen LogP contribution is 2.38. The maximum absolute atomic E-state index is 12.7. The minimum absolute atomic E-state index is 0.0857. The summed E-state index contributed by atoms with van der Waals surface area (Å²) in [7, 11) is 0. The van der Waals surface area contributed by atoms with Crippen LogP contribution >= 0.6 is 0 Å². The van der Waals surface area contributed by atoms with E-state index in [1.165, 1.54) is 19.2 Å². The summed E-state index contributed by atoms with van der Waals surface area (Å²) in [5.74, 6) is -3.48. The summed E-state index contributed by atoms with van der Waals surface area (Å²) in [6, 6.07) is 1.43. The van der Waals surface area contributed by atoms with Gasteiger partial charge in [-0.15, -0.1) is 0 Å². The number of nitrogens with zero attached hydrogens (tertiary/aromatic N) is 1. The maximum atomic E-state index is 12.7. The van der Waals surface area contributed by atoms with Crippen molar-refractivity contribution in [3.8, 4) is 0 Å². The molecule has 0 aliphatic heterocycles. The molecule has 0 aromatic carbocycles. The van der Waals surface area contributed by atoms with Gasteiger partial charge in [-0.1, -0.05) is 0 Å². The Kier molecular flexibility index (Phi) is 3.51. The Labute approximate surface area is 89.9 Å². The zero-order chi connectivity index (χ0) is 12.3. The van der Waals surface area contributed by atoms with Crippen LogP contribution in [-0.4, -0.2) is 22.2 Å². The molecular formula is C10H10F3NO2. The van der Waals surface area contributed by atoms with Crippen LogP contribution in [0.3, 0.4) is 0 Å². The molecule has 0 saturated carbocycles. The number of rotatable bonds is 3. The van der Waals surface area contributed by atoms with Gasteiger partial charge in [-0.3, -0.25) is 9.78 Å². The van der Waals surface area contributed by atoms with Crippen LogP contribution in [0.1, 0.15) is 23.5 Å². The molecule has 0 bridgehead atoms. The fourth-order valence-corrected chi connectivity index (χ4v) is 1.42. The van der Waals surface area contributed by atoms with E-state index in [1.54, 1.807) is 0 Å². The van der Waals surface area contributed by atoms with E-state index >= 15 is 0 Å². The summed E-state index contributed by atoms with van der Waals surface area (Å²) >= 11 is 0. The average molecular weight is 233 g/mol. The van der Waals surface area contributed by atoms with Crippen LogP contribution in [0.2, 0.25) is 0 Å². The molecule has 88 valence electrons. The molecule has 0 aliphatic carbocycles.